The van der Waals surface area contributed by atoms with Crippen molar-refractivity contribution in [3.05, 3.63) is 83.0 Å². The molecule has 1 fully saturated rings. The van der Waals surface area contributed by atoms with Crippen molar-refractivity contribution >= 4 is 34.9 Å². The van der Waals surface area contributed by atoms with Gasteiger partial charge in [0.05, 0.1) is 35.1 Å². The number of methoxy groups -OCH3 is 1. The van der Waals surface area contributed by atoms with Gasteiger partial charge < -0.3 is 19.9 Å². The van der Waals surface area contributed by atoms with Gasteiger partial charge in [0.1, 0.15) is 11.6 Å². The van der Waals surface area contributed by atoms with Crippen molar-refractivity contribution in [3.63, 3.8) is 0 Å². The highest BCUT2D eigenvalue weighted by Gasteiger charge is 2.24. The van der Waals surface area contributed by atoms with E-state index in [9.17, 15) is 9.59 Å². The first-order chi connectivity index (χ1) is 15.6. The zero-order valence-electron chi connectivity index (χ0n) is 17.6. The van der Waals surface area contributed by atoms with Crippen LogP contribution in [0.1, 0.15) is 20.7 Å². The number of nitrogens with one attached hydrogen (secondary N) is 1. The Labute approximate surface area is 191 Å². The number of carbonyl (C=O) groups is 2. The van der Waals surface area contributed by atoms with E-state index in [1.807, 2.05) is 30.3 Å². The number of rotatable bonds is 5. The first-order valence-electron chi connectivity index (χ1n) is 10.3. The number of hydrogen-bond acceptors (Lipinski definition) is 5. The van der Waals surface area contributed by atoms with Gasteiger partial charge in [0.25, 0.3) is 11.8 Å². The van der Waals surface area contributed by atoms with Gasteiger partial charge in [-0.05, 0) is 36.4 Å². The van der Waals surface area contributed by atoms with Gasteiger partial charge in [0, 0.05) is 26.2 Å². The van der Waals surface area contributed by atoms with Crippen molar-refractivity contribution < 1.29 is 14.3 Å². The Bertz CT molecular complexity index is 1110. The second-order valence-electron chi connectivity index (χ2n) is 7.32. The Hall–Kier alpha value is -3.58. The van der Waals surface area contributed by atoms with Gasteiger partial charge in [-0.2, -0.15) is 0 Å². The smallest absolute Gasteiger partial charge is 0.259 e. The number of para-hydroxylation sites is 1. The molecular formula is C24H23ClN4O3. The molecule has 1 saturated heterocycles. The monoisotopic (exact) mass is 450 g/mol. The standard InChI is InChI=1S/C24H23ClN4O3/c1-32-21-9-5-3-7-19(21)23(30)27-17-10-11-22(26-16-17)28-12-14-29(15-13-28)24(31)18-6-2-4-8-20(18)25/h2-11,16H,12-15H2,1H3,(H,27,30). The predicted molar refractivity (Wildman–Crippen MR) is 125 cm³/mol. The molecular weight excluding hydrogens is 428 g/mol. The van der Waals surface area contributed by atoms with Crippen molar-refractivity contribution in [3.8, 4) is 5.75 Å². The van der Waals surface area contributed by atoms with Crippen LogP contribution in [0.2, 0.25) is 5.02 Å². The van der Waals surface area contributed by atoms with Gasteiger partial charge in [-0.15, -0.1) is 0 Å². The quantitative estimate of drug-likeness (QED) is 0.636. The molecule has 164 valence electrons. The molecule has 0 aliphatic carbocycles. The molecule has 0 radical (unpaired) electrons. The number of nitrogens with zero attached hydrogens (tertiary/aromatic N) is 3. The lowest BCUT2D eigenvalue weighted by molar-refractivity contribution is 0.0746. The maximum absolute atomic E-state index is 12.7. The molecule has 4 rings (SSSR count). The SMILES string of the molecule is COc1ccccc1C(=O)Nc1ccc(N2CCN(C(=O)c3ccccc3Cl)CC2)nc1. The van der Waals surface area contributed by atoms with Crippen LogP contribution >= 0.6 is 11.6 Å². The van der Waals surface area contributed by atoms with Crippen molar-refractivity contribution in [2.45, 2.75) is 0 Å². The normalized spacial score (nSPS) is 13.6. The van der Waals surface area contributed by atoms with E-state index in [2.05, 4.69) is 15.2 Å². The van der Waals surface area contributed by atoms with Crippen molar-refractivity contribution in [1.82, 2.24) is 9.88 Å². The molecule has 0 spiro atoms. The molecule has 3 aromatic rings. The molecule has 0 bridgehead atoms. The molecule has 32 heavy (non-hydrogen) atoms. The van der Waals surface area contributed by atoms with Crippen molar-refractivity contribution in [2.24, 2.45) is 0 Å². The number of pyridine rings is 1. The summed E-state index contributed by atoms with van der Waals surface area (Å²) in [5, 5.41) is 3.31. The second kappa shape index (κ2) is 9.70. The largest absolute Gasteiger partial charge is 0.496 e. The van der Waals surface area contributed by atoms with E-state index in [4.69, 9.17) is 16.3 Å². The Kier molecular flexibility index (Phi) is 6.56. The number of carbonyl (C=O) groups excluding carboxylic acids is 2. The Balaban J connectivity index is 1.35. The second-order valence-corrected chi connectivity index (χ2v) is 7.73. The summed E-state index contributed by atoms with van der Waals surface area (Å²) in [6.45, 7) is 2.49. The third kappa shape index (κ3) is 4.68. The molecule has 0 saturated carbocycles. The van der Waals surface area contributed by atoms with Gasteiger partial charge >= 0.3 is 0 Å². The molecule has 1 N–H and O–H groups in total. The van der Waals surface area contributed by atoms with Crippen LogP contribution in [-0.4, -0.2) is 55.0 Å². The summed E-state index contributed by atoms with van der Waals surface area (Å²) >= 11 is 6.16. The number of hydrogen-bond donors (Lipinski definition) is 1. The van der Waals surface area contributed by atoms with Crippen LogP contribution in [-0.2, 0) is 0 Å². The van der Waals surface area contributed by atoms with E-state index >= 15 is 0 Å². The van der Waals surface area contributed by atoms with E-state index in [-0.39, 0.29) is 11.8 Å². The molecule has 2 heterocycles. The van der Waals surface area contributed by atoms with Gasteiger partial charge in [0.15, 0.2) is 0 Å². The summed E-state index contributed by atoms with van der Waals surface area (Å²) in [6.07, 6.45) is 1.63. The van der Waals surface area contributed by atoms with Crippen LogP contribution in [0, 0.1) is 0 Å². The number of benzene rings is 2. The fourth-order valence-electron chi connectivity index (χ4n) is 3.62. The van der Waals surface area contributed by atoms with Gasteiger partial charge in [-0.25, -0.2) is 4.98 Å². The Morgan fingerprint density at radius 2 is 1.62 bits per heavy atom. The molecule has 2 amide bonds. The lowest BCUT2D eigenvalue weighted by Gasteiger charge is -2.35. The first-order valence-corrected chi connectivity index (χ1v) is 10.6. The summed E-state index contributed by atoms with van der Waals surface area (Å²) < 4.78 is 5.24. The van der Waals surface area contributed by atoms with Crippen LogP contribution in [0.25, 0.3) is 0 Å². The highest BCUT2D eigenvalue weighted by Crippen LogP contribution is 2.22. The topological polar surface area (TPSA) is 74.8 Å². The predicted octanol–water partition coefficient (Wildman–Crippen LogP) is 3.96. The highest BCUT2D eigenvalue weighted by atomic mass is 35.5. The summed E-state index contributed by atoms with van der Waals surface area (Å²) in [5.74, 6) is 0.991. The lowest BCUT2D eigenvalue weighted by Crippen LogP contribution is -2.49. The third-order valence-electron chi connectivity index (χ3n) is 5.35. The van der Waals surface area contributed by atoms with Crippen molar-refractivity contribution in [2.75, 3.05) is 43.5 Å². The average Bonchev–Trinajstić information content (AvgIpc) is 2.84. The number of piperazine rings is 1. The molecule has 0 unspecified atom stereocenters. The number of anilines is 2. The van der Waals surface area contributed by atoms with Crippen LogP contribution in [0.4, 0.5) is 11.5 Å². The lowest BCUT2D eigenvalue weighted by atomic mass is 10.1. The van der Waals surface area contributed by atoms with E-state index < -0.39 is 0 Å². The number of aromatic nitrogens is 1. The van der Waals surface area contributed by atoms with E-state index in [1.54, 1.807) is 41.4 Å². The summed E-state index contributed by atoms with van der Waals surface area (Å²) in [4.78, 5) is 33.7. The zero-order valence-corrected chi connectivity index (χ0v) is 18.4. The molecule has 8 heteroatoms. The highest BCUT2D eigenvalue weighted by molar-refractivity contribution is 6.33. The molecule has 1 aromatic heterocycles. The van der Waals surface area contributed by atoms with Crippen LogP contribution in [0.5, 0.6) is 5.75 Å². The van der Waals surface area contributed by atoms with Crippen LogP contribution < -0.4 is 15.0 Å². The number of amides is 2. The van der Waals surface area contributed by atoms with E-state index in [1.165, 1.54) is 7.11 Å². The summed E-state index contributed by atoms with van der Waals surface area (Å²) in [5.41, 5.74) is 1.58. The Morgan fingerprint density at radius 3 is 2.28 bits per heavy atom. The molecule has 7 nitrogen and oxygen atoms in total. The Morgan fingerprint density at radius 1 is 0.938 bits per heavy atom. The minimum atomic E-state index is -0.260. The minimum absolute atomic E-state index is 0.0578. The number of ether oxygens (including phenoxy) is 1. The van der Waals surface area contributed by atoms with Crippen LogP contribution in [0.3, 0.4) is 0 Å². The fourth-order valence-corrected chi connectivity index (χ4v) is 3.84. The molecule has 0 atom stereocenters. The minimum Gasteiger partial charge on any atom is -0.496 e. The van der Waals surface area contributed by atoms with Gasteiger partial charge in [-0.3, -0.25) is 9.59 Å². The molecule has 2 aromatic carbocycles. The van der Waals surface area contributed by atoms with Gasteiger partial charge in [0.2, 0.25) is 0 Å². The molecule has 1 aliphatic rings. The van der Waals surface area contributed by atoms with E-state index in [0.717, 1.165) is 5.82 Å². The van der Waals surface area contributed by atoms with Gasteiger partial charge in [-0.1, -0.05) is 35.9 Å². The summed E-state index contributed by atoms with van der Waals surface area (Å²) in [7, 11) is 1.53. The third-order valence-corrected chi connectivity index (χ3v) is 5.68. The first kappa shape index (κ1) is 21.6. The summed E-state index contributed by atoms with van der Waals surface area (Å²) in [6, 6.07) is 17.8. The average molecular weight is 451 g/mol. The molecule has 1 aliphatic heterocycles. The number of halogens is 1. The van der Waals surface area contributed by atoms with Crippen LogP contribution in [0.15, 0.2) is 66.9 Å². The maximum atomic E-state index is 12.7. The van der Waals surface area contributed by atoms with Crippen molar-refractivity contribution in [1.29, 1.82) is 0 Å². The zero-order chi connectivity index (χ0) is 22.5. The van der Waals surface area contributed by atoms with E-state index in [0.29, 0.717) is 53.8 Å². The fraction of sp³-hybridized carbons (Fsp3) is 0.208. The maximum Gasteiger partial charge on any atom is 0.259 e.